The zero-order chi connectivity index (χ0) is 13.3. The summed E-state index contributed by atoms with van der Waals surface area (Å²) in [4.78, 5) is 22.3. The number of carbonyl (C=O) groups excluding carboxylic acids is 1. The zero-order valence-electron chi connectivity index (χ0n) is 9.17. The fraction of sp³-hybridized carbons (Fsp3) is 0.273. The summed E-state index contributed by atoms with van der Waals surface area (Å²) in [5, 5.41) is 13.3. The molecule has 0 bridgehead atoms. The van der Waals surface area contributed by atoms with Gasteiger partial charge in [-0.15, -0.1) is 0 Å². The molecule has 0 aliphatic carbocycles. The molecule has 7 heteroatoms. The predicted molar refractivity (Wildman–Crippen MR) is 66.0 cm³/mol. The lowest BCUT2D eigenvalue weighted by Gasteiger charge is -2.12. The maximum Gasteiger partial charge on any atom is 0.405 e. The van der Waals surface area contributed by atoms with Gasteiger partial charge in [0.15, 0.2) is 0 Å². The first-order valence-electron chi connectivity index (χ1n) is 5.25. The van der Waals surface area contributed by atoms with Gasteiger partial charge in [0.2, 0.25) is 5.91 Å². The fourth-order valence-corrected chi connectivity index (χ4v) is 2.33. The van der Waals surface area contributed by atoms with Gasteiger partial charge in [-0.1, -0.05) is 15.9 Å². The highest BCUT2D eigenvalue weighted by atomic mass is 79.9. The lowest BCUT2D eigenvalue weighted by atomic mass is 10.1. The van der Waals surface area contributed by atoms with E-state index in [1.165, 1.54) is 6.07 Å². The number of anilines is 1. The Labute approximate surface area is 111 Å². The van der Waals surface area contributed by atoms with Gasteiger partial charge >= 0.3 is 6.09 Å². The number of fused-ring (bicyclic) bond motifs is 1. The molecule has 0 radical (unpaired) electrons. The third kappa shape index (κ3) is 2.61. The molecule has 0 spiro atoms. The molecule has 3 N–H and O–H groups in total. The Morgan fingerprint density at radius 1 is 1.56 bits per heavy atom. The van der Waals surface area contributed by atoms with Crippen LogP contribution in [0.1, 0.15) is 12.0 Å². The van der Waals surface area contributed by atoms with Gasteiger partial charge in [-0.3, -0.25) is 4.79 Å². The van der Waals surface area contributed by atoms with E-state index in [2.05, 4.69) is 26.6 Å². The van der Waals surface area contributed by atoms with Crippen molar-refractivity contribution in [1.29, 1.82) is 0 Å². The van der Waals surface area contributed by atoms with Gasteiger partial charge in [0.1, 0.15) is 11.9 Å². The van der Waals surface area contributed by atoms with Crippen molar-refractivity contribution in [3.05, 3.63) is 28.0 Å². The highest BCUT2D eigenvalue weighted by Gasteiger charge is 2.26. The first kappa shape index (κ1) is 12.8. The minimum Gasteiger partial charge on any atom is -0.465 e. The smallest absolute Gasteiger partial charge is 0.405 e. The molecule has 1 aromatic rings. The van der Waals surface area contributed by atoms with Crippen LogP contribution in [0.5, 0.6) is 0 Å². The predicted octanol–water partition coefficient (Wildman–Crippen LogP) is 2.11. The Morgan fingerprint density at radius 3 is 2.94 bits per heavy atom. The minimum absolute atomic E-state index is 0.226. The average Bonchev–Trinajstić information content (AvgIpc) is 2.38. The number of benzene rings is 1. The lowest BCUT2D eigenvalue weighted by molar-refractivity contribution is -0.118. The molecule has 18 heavy (non-hydrogen) atoms. The summed E-state index contributed by atoms with van der Waals surface area (Å²) < 4.78 is 14.2. The second-order valence-electron chi connectivity index (χ2n) is 3.94. The Bertz CT molecular complexity index is 521. The van der Waals surface area contributed by atoms with E-state index in [0.717, 1.165) is 0 Å². The summed E-state index contributed by atoms with van der Waals surface area (Å²) >= 11 is 3.14. The Hall–Kier alpha value is -1.63. The number of carboxylic acid groups (broad SMARTS) is 1. The maximum absolute atomic E-state index is 13.7. The van der Waals surface area contributed by atoms with Crippen molar-refractivity contribution in [1.82, 2.24) is 5.32 Å². The molecule has 1 heterocycles. The van der Waals surface area contributed by atoms with E-state index >= 15 is 0 Å². The first-order chi connectivity index (χ1) is 8.47. The van der Waals surface area contributed by atoms with Crippen LogP contribution in [0, 0.1) is 5.82 Å². The van der Waals surface area contributed by atoms with E-state index in [1.807, 2.05) is 0 Å². The van der Waals surface area contributed by atoms with Crippen LogP contribution in [0.25, 0.3) is 0 Å². The van der Waals surface area contributed by atoms with Gasteiger partial charge in [0, 0.05) is 15.7 Å². The van der Waals surface area contributed by atoms with Crippen LogP contribution >= 0.6 is 15.9 Å². The van der Waals surface area contributed by atoms with Gasteiger partial charge in [0.05, 0.1) is 0 Å². The monoisotopic (exact) mass is 316 g/mol. The number of nitrogens with one attached hydrogen (secondary N) is 2. The van der Waals surface area contributed by atoms with Crippen LogP contribution in [-0.2, 0) is 11.2 Å². The van der Waals surface area contributed by atoms with E-state index in [0.29, 0.717) is 15.7 Å². The molecule has 1 aromatic carbocycles. The van der Waals surface area contributed by atoms with Crippen molar-refractivity contribution in [2.45, 2.75) is 18.9 Å². The average molecular weight is 317 g/mol. The summed E-state index contributed by atoms with van der Waals surface area (Å²) in [5.74, 6) is -0.899. The summed E-state index contributed by atoms with van der Waals surface area (Å²) in [5.41, 5.74) is 0.766. The van der Waals surface area contributed by atoms with E-state index in [-0.39, 0.29) is 12.8 Å². The molecule has 2 rings (SSSR count). The molecule has 0 saturated heterocycles. The molecular weight excluding hydrogens is 307 g/mol. The number of halogens is 2. The Balaban J connectivity index is 2.30. The highest BCUT2D eigenvalue weighted by molar-refractivity contribution is 9.10. The van der Waals surface area contributed by atoms with Gasteiger partial charge in [-0.25, -0.2) is 9.18 Å². The number of hydrogen-bond donors (Lipinski definition) is 3. The van der Waals surface area contributed by atoms with Crippen molar-refractivity contribution in [3.63, 3.8) is 0 Å². The van der Waals surface area contributed by atoms with Crippen LogP contribution in [0.2, 0.25) is 0 Å². The third-order valence-corrected chi connectivity index (χ3v) is 3.17. The van der Waals surface area contributed by atoms with Crippen LogP contribution < -0.4 is 10.6 Å². The second-order valence-corrected chi connectivity index (χ2v) is 4.86. The second kappa shape index (κ2) is 4.93. The number of carbonyl (C=O) groups is 2. The molecule has 1 aliphatic heterocycles. The van der Waals surface area contributed by atoms with Crippen molar-refractivity contribution < 1.29 is 19.1 Å². The molecule has 2 amide bonds. The number of rotatable bonds is 1. The van der Waals surface area contributed by atoms with Crippen LogP contribution in [0.4, 0.5) is 14.9 Å². The summed E-state index contributed by atoms with van der Waals surface area (Å²) in [6.07, 6.45) is -0.760. The molecule has 0 saturated carbocycles. The molecule has 0 fully saturated rings. The van der Waals surface area contributed by atoms with E-state index in [9.17, 15) is 14.0 Å². The third-order valence-electron chi connectivity index (χ3n) is 2.72. The largest absolute Gasteiger partial charge is 0.465 e. The van der Waals surface area contributed by atoms with Gasteiger partial charge < -0.3 is 15.7 Å². The van der Waals surface area contributed by atoms with Crippen LogP contribution in [-0.4, -0.2) is 23.1 Å². The topological polar surface area (TPSA) is 78.4 Å². The zero-order valence-corrected chi connectivity index (χ0v) is 10.8. The van der Waals surface area contributed by atoms with Crippen molar-refractivity contribution in [2.75, 3.05) is 5.32 Å². The van der Waals surface area contributed by atoms with Crippen molar-refractivity contribution in [2.24, 2.45) is 0 Å². The Kier molecular flexibility index (Phi) is 3.51. The lowest BCUT2D eigenvalue weighted by Crippen LogP contribution is -2.42. The van der Waals surface area contributed by atoms with Crippen LogP contribution in [0.15, 0.2) is 16.6 Å². The van der Waals surface area contributed by atoms with Gasteiger partial charge in [0.25, 0.3) is 0 Å². The summed E-state index contributed by atoms with van der Waals surface area (Å²) in [7, 11) is 0. The van der Waals surface area contributed by atoms with Gasteiger partial charge in [-0.2, -0.15) is 0 Å². The SMILES string of the molecule is O=C(O)NC1CCc2c(F)cc(Br)cc2NC1=O. The molecule has 0 aromatic heterocycles. The van der Waals surface area contributed by atoms with E-state index in [4.69, 9.17) is 5.11 Å². The fourth-order valence-electron chi connectivity index (χ4n) is 1.90. The first-order valence-corrected chi connectivity index (χ1v) is 6.05. The normalized spacial score (nSPS) is 18.6. The molecule has 1 aliphatic rings. The minimum atomic E-state index is -1.28. The van der Waals surface area contributed by atoms with Crippen molar-refractivity contribution >= 4 is 33.6 Å². The molecule has 96 valence electrons. The van der Waals surface area contributed by atoms with Crippen molar-refractivity contribution in [3.8, 4) is 0 Å². The maximum atomic E-state index is 13.7. The van der Waals surface area contributed by atoms with Crippen LogP contribution in [0.3, 0.4) is 0 Å². The molecule has 5 nitrogen and oxygen atoms in total. The highest BCUT2D eigenvalue weighted by Crippen LogP contribution is 2.28. The summed E-state index contributed by atoms with van der Waals surface area (Å²) in [6, 6.07) is 2.04. The standard InChI is InChI=1S/C11H10BrFN2O3/c12-5-3-7(13)6-1-2-8(15-11(17)18)10(16)14-9(6)4-5/h3-4,8,15H,1-2H2,(H,14,16)(H,17,18). The number of hydrogen-bond acceptors (Lipinski definition) is 2. The van der Waals surface area contributed by atoms with Gasteiger partial charge in [-0.05, 0) is 25.0 Å². The Morgan fingerprint density at radius 2 is 2.28 bits per heavy atom. The van der Waals surface area contributed by atoms with E-state index < -0.39 is 23.9 Å². The van der Waals surface area contributed by atoms with E-state index in [1.54, 1.807) is 6.07 Å². The quantitative estimate of drug-likeness (QED) is 0.742. The number of amides is 2. The molecule has 1 unspecified atom stereocenters. The molecule has 1 atom stereocenters. The summed E-state index contributed by atoms with van der Waals surface area (Å²) in [6.45, 7) is 0. The molecular formula is C11H10BrFN2O3.